The SMILES string of the molecule is CN(C)CCN1CC(C(=O)NCCC2CCCNC2)CC1=O.Cl.Cl. The van der Waals surface area contributed by atoms with Crippen LogP contribution in [0.15, 0.2) is 0 Å². The Morgan fingerprint density at radius 1 is 1.38 bits per heavy atom. The van der Waals surface area contributed by atoms with E-state index in [1.807, 2.05) is 19.0 Å². The number of hydrogen-bond acceptors (Lipinski definition) is 4. The molecule has 0 bridgehead atoms. The zero-order chi connectivity index (χ0) is 15.9. The average Bonchev–Trinajstić information content (AvgIpc) is 2.87. The van der Waals surface area contributed by atoms with E-state index in [4.69, 9.17) is 0 Å². The van der Waals surface area contributed by atoms with Gasteiger partial charge in [0.05, 0.1) is 5.92 Å². The monoisotopic (exact) mass is 382 g/mol. The van der Waals surface area contributed by atoms with Crippen molar-refractivity contribution in [3.63, 3.8) is 0 Å². The number of likely N-dealkylation sites (tertiary alicyclic amines) is 1. The van der Waals surface area contributed by atoms with E-state index in [1.54, 1.807) is 0 Å². The van der Waals surface area contributed by atoms with E-state index in [-0.39, 0.29) is 42.5 Å². The number of rotatable bonds is 7. The third-order valence-corrected chi connectivity index (χ3v) is 4.65. The molecule has 24 heavy (non-hydrogen) atoms. The molecule has 0 aromatic rings. The van der Waals surface area contributed by atoms with Crippen LogP contribution >= 0.6 is 24.8 Å². The summed E-state index contributed by atoms with van der Waals surface area (Å²) in [5, 5.41) is 6.42. The van der Waals surface area contributed by atoms with Gasteiger partial charge in [0.25, 0.3) is 0 Å². The lowest BCUT2D eigenvalue weighted by Gasteiger charge is -2.23. The molecule has 2 saturated heterocycles. The molecule has 2 rings (SSSR count). The van der Waals surface area contributed by atoms with Crippen molar-refractivity contribution in [1.29, 1.82) is 0 Å². The highest BCUT2D eigenvalue weighted by Crippen LogP contribution is 2.18. The van der Waals surface area contributed by atoms with Crippen molar-refractivity contribution in [2.24, 2.45) is 11.8 Å². The minimum atomic E-state index is -0.167. The zero-order valence-electron chi connectivity index (χ0n) is 14.8. The normalized spacial score (nSPS) is 23.6. The molecule has 2 amide bonds. The fourth-order valence-corrected chi connectivity index (χ4v) is 3.20. The van der Waals surface area contributed by atoms with Crippen LogP contribution in [0.2, 0.25) is 0 Å². The highest BCUT2D eigenvalue weighted by Gasteiger charge is 2.33. The highest BCUT2D eigenvalue weighted by molar-refractivity contribution is 5.89. The van der Waals surface area contributed by atoms with Crippen LogP contribution in [-0.2, 0) is 9.59 Å². The largest absolute Gasteiger partial charge is 0.356 e. The van der Waals surface area contributed by atoms with E-state index >= 15 is 0 Å². The van der Waals surface area contributed by atoms with Crippen LogP contribution in [0.25, 0.3) is 0 Å². The Bertz CT molecular complexity index is 390. The second-order valence-corrected chi connectivity index (χ2v) is 6.84. The number of likely N-dealkylation sites (N-methyl/N-ethyl adjacent to an activating group) is 1. The van der Waals surface area contributed by atoms with Crippen molar-refractivity contribution in [3.05, 3.63) is 0 Å². The first-order valence-electron chi connectivity index (χ1n) is 8.47. The number of nitrogens with zero attached hydrogens (tertiary/aromatic N) is 2. The molecule has 0 aliphatic carbocycles. The summed E-state index contributed by atoms with van der Waals surface area (Å²) in [6.45, 7) is 5.04. The second-order valence-electron chi connectivity index (χ2n) is 6.84. The van der Waals surface area contributed by atoms with Crippen LogP contribution in [0.5, 0.6) is 0 Å². The quantitative estimate of drug-likeness (QED) is 0.681. The van der Waals surface area contributed by atoms with Crippen LogP contribution in [-0.4, -0.2) is 75.0 Å². The summed E-state index contributed by atoms with van der Waals surface area (Å²) in [4.78, 5) is 28.0. The molecule has 0 aromatic carbocycles. The standard InChI is InChI=1S/C16H30N4O2.2ClH/c1-19(2)8-9-20-12-14(10-15(20)21)16(22)18-7-5-13-4-3-6-17-11-13;;/h13-14,17H,3-12H2,1-2H3,(H,18,22);2*1H. The molecule has 2 fully saturated rings. The number of nitrogens with one attached hydrogen (secondary N) is 2. The summed E-state index contributed by atoms with van der Waals surface area (Å²) < 4.78 is 0. The predicted octanol–water partition coefficient (Wildman–Crippen LogP) is 0.746. The first-order chi connectivity index (χ1) is 10.6. The Morgan fingerprint density at radius 3 is 2.75 bits per heavy atom. The van der Waals surface area contributed by atoms with Crippen LogP contribution in [0, 0.1) is 11.8 Å². The maximum Gasteiger partial charge on any atom is 0.225 e. The topological polar surface area (TPSA) is 64.7 Å². The summed E-state index contributed by atoms with van der Waals surface area (Å²) in [6.07, 6.45) is 3.88. The highest BCUT2D eigenvalue weighted by atomic mass is 35.5. The van der Waals surface area contributed by atoms with Crippen LogP contribution in [0.4, 0.5) is 0 Å². The fraction of sp³-hybridized carbons (Fsp3) is 0.875. The third kappa shape index (κ3) is 7.55. The van der Waals surface area contributed by atoms with E-state index in [0.29, 0.717) is 25.4 Å². The molecule has 142 valence electrons. The molecule has 8 heteroatoms. The Balaban J connectivity index is 0.00000264. The van der Waals surface area contributed by atoms with Crippen molar-refractivity contribution in [2.45, 2.75) is 25.7 Å². The van der Waals surface area contributed by atoms with E-state index < -0.39 is 0 Å². The average molecular weight is 383 g/mol. The molecule has 2 aliphatic rings. The molecular weight excluding hydrogens is 351 g/mol. The zero-order valence-corrected chi connectivity index (χ0v) is 16.4. The van der Waals surface area contributed by atoms with E-state index in [2.05, 4.69) is 15.5 Å². The van der Waals surface area contributed by atoms with Crippen LogP contribution < -0.4 is 10.6 Å². The Morgan fingerprint density at radius 2 is 2.12 bits per heavy atom. The van der Waals surface area contributed by atoms with E-state index in [1.165, 1.54) is 12.8 Å². The molecule has 0 spiro atoms. The second kappa shape index (κ2) is 11.9. The van der Waals surface area contributed by atoms with Gasteiger partial charge in [0.1, 0.15) is 0 Å². The lowest BCUT2D eigenvalue weighted by Crippen LogP contribution is -2.37. The van der Waals surface area contributed by atoms with Gasteiger partial charge in [-0.25, -0.2) is 0 Å². The number of halogens is 2. The van der Waals surface area contributed by atoms with Gasteiger partial charge in [-0.3, -0.25) is 9.59 Å². The summed E-state index contributed by atoms with van der Waals surface area (Å²) in [5.41, 5.74) is 0. The van der Waals surface area contributed by atoms with Gasteiger partial charge >= 0.3 is 0 Å². The van der Waals surface area contributed by atoms with Crippen molar-refractivity contribution in [3.8, 4) is 0 Å². The molecule has 0 saturated carbocycles. The molecule has 2 N–H and O–H groups in total. The van der Waals surface area contributed by atoms with E-state index in [9.17, 15) is 9.59 Å². The van der Waals surface area contributed by atoms with Crippen molar-refractivity contribution in [2.75, 3.05) is 53.4 Å². The lowest BCUT2D eigenvalue weighted by atomic mass is 9.96. The number of carbonyl (C=O) groups excluding carboxylic acids is 2. The maximum atomic E-state index is 12.2. The summed E-state index contributed by atoms with van der Waals surface area (Å²) in [7, 11) is 3.98. The first-order valence-corrected chi connectivity index (χ1v) is 8.47. The summed E-state index contributed by atoms with van der Waals surface area (Å²) >= 11 is 0. The van der Waals surface area contributed by atoms with E-state index in [0.717, 1.165) is 32.6 Å². The van der Waals surface area contributed by atoms with Gasteiger partial charge in [-0.05, 0) is 52.4 Å². The van der Waals surface area contributed by atoms with Crippen molar-refractivity contribution >= 4 is 36.6 Å². The predicted molar refractivity (Wildman–Crippen MR) is 101 cm³/mol. The van der Waals surface area contributed by atoms with Gasteiger partial charge in [0, 0.05) is 32.6 Å². The minimum Gasteiger partial charge on any atom is -0.356 e. The Labute approximate surface area is 157 Å². The maximum absolute atomic E-state index is 12.2. The molecule has 2 unspecified atom stereocenters. The molecule has 2 heterocycles. The van der Waals surface area contributed by atoms with Crippen LogP contribution in [0.3, 0.4) is 0 Å². The Kier molecular flexibility index (Phi) is 11.6. The Hall–Kier alpha value is -0.560. The van der Waals surface area contributed by atoms with Gasteiger partial charge in [-0.2, -0.15) is 0 Å². The van der Waals surface area contributed by atoms with Gasteiger partial charge < -0.3 is 20.4 Å². The van der Waals surface area contributed by atoms with Gasteiger partial charge in [0.15, 0.2) is 0 Å². The van der Waals surface area contributed by atoms with Gasteiger partial charge in [0.2, 0.25) is 11.8 Å². The summed E-state index contributed by atoms with van der Waals surface area (Å²) in [6, 6.07) is 0. The lowest BCUT2D eigenvalue weighted by molar-refractivity contribution is -0.129. The first kappa shape index (κ1) is 23.4. The van der Waals surface area contributed by atoms with Crippen molar-refractivity contribution < 1.29 is 9.59 Å². The van der Waals surface area contributed by atoms with Crippen molar-refractivity contribution in [1.82, 2.24) is 20.4 Å². The van der Waals surface area contributed by atoms with Gasteiger partial charge in [-0.15, -0.1) is 24.8 Å². The summed E-state index contributed by atoms with van der Waals surface area (Å²) in [5.74, 6) is 0.665. The molecule has 6 nitrogen and oxygen atoms in total. The van der Waals surface area contributed by atoms with Crippen LogP contribution in [0.1, 0.15) is 25.7 Å². The number of hydrogen-bond donors (Lipinski definition) is 2. The number of piperidine rings is 1. The molecule has 2 aliphatic heterocycles. The number of amides is 2. The fourth-order valence-electron chi connectivity index (χ4n) is 3.20. The minimum absolute atomic E-state index is 0. The molecule has 2 atom stereocenters. The third-order valence-electron chi connectivity index (χ3n) is 4.65. The number of carbonyl (C=O) groups is 2. The molecule has 0 radical (unpaired) electrons. The van der Waals surface area contributed by atoms with Gasteiger partial charge in [-0.1, -0.05) is 0 Å². The smallest absolute Gasteiger partial charge is 0.225 e. The molecular formula is C16H32Cl2N4O2. The molecule has 0 aromatic heterocycles.